The molecule has 0 N–H and O–H groups in total. The Morgan fingerprint density at radius 3 is 2.43 bits per heavy atom. The first-order valence-electron chi connectivity index (χ1n) is 13.1. The van der Waals surface area contributed by atoms with E-state index in [-0.39, 0.29) is 35.4 Å². The highest BCUT2D eigenvalue weighted by Gasteiger charge is 2.41. The molecule has 0 radical (unpaired) electrons. The van der Waals surface area contributed by atoms with E-state index in [1.807, 2.05) is 42.2 Å². The second-order valence-corrected chi connectivity index (χ2v) is 17.2. The SMILES string of the molecule is COC(=O)c1cccc2c1C[C@H](CO[Si](C)(C)C(C)(C)C)N(C(=O)Cc1cc(C(C)C)ccc1Cl)[C@H]2C. The van der Waals surface area contributed by atoms with Gasteiger partial charge in [0.2, 0.25) is 5.91 Å². The number of esters is 1. The summed E-state index contributed by atoms with van der Waals surface area (Å²) < 4.78 is 11.7. The van der Waals surface area contributed by atoms with Gasteiger partial charge in [-0.2, -0.15) is 0 Å². The molecule has 1 heterocycles. The van der Waals surface area contributed by atoms with Crippen LogP contribution in [0.3, 0.4) is 0 Å². The lowest BCUT2D eigenvalue weighted by Gasteiger charge is -2.45. The summed E-state index contributed by atoms with van der Waals surface area (Å²) in [7, 11) is -0.663. The van der Waals surface area contributed by atoms with Gasteiger partial charge in [0.05, 0.1) is 37.8 Å². The Balaban J connectivity index is 2.01. The van der Waals surface area contributed by atoms with Crippen molar-refractivity contribution in [2.75, 3.05) is 13.7 Å². The molecule has 1 amide bonds. The number of nitrogens with zero attached hydrogens (tertiary/aromatic N) is 1. The van der Waals surface area contributed by atoms with Gasteiger partial charge in [-0.25, -0.2) is 4.79 Å². The summed E-state index contributed by atoms with van der Waals surface area (Å²) in [5.74, 6) is -0.00665. The van der Waals surface area contributed by atoms with Crippen LogP contribution in [0.5, 0.6) is 0 Å². The summed E-state index contributed by atoms with van der Waals surface area (Å²) in [5.41, 5.74) is 4.47. The molecule has 1 aliphatic rings. The van der Waals surface area contributed by atoms with Gasteiger partial charge in [-0.3, -0.25) is 4.79 Å². The Hall–Kier alpha value is -2.15. The van der Waals surface area contributed by atoms with Gasteiger partial charge >= 0.3 is 5.97 Å². The molecule has 7 heteroatoms. The molecule has 202 valence electrons. The van der Waals surface area contributed by atoms with Gasteiger partial charge in [-0.1, -0.05) is 70.5 Å². The molecule has 0 bridgehead atoms. The number of fused-ring (bicyclic) bond motifs is 1. The fourth-order valence-corrected chi connectivity index (χ4v) is 5.97. The van der Waals surface area contributed by atoms with Crippen molar-refractivity contribution in [3.05, 3.63) is 69.2 Å². The first kappa shape index (κ1) is 29.4. The van der Waals surface area contributed by atoms with Gasteiger partial charge < -0.3 is 14.1 Å². The second-order valence-electron chi connectivity index (χ2n) is 12.0. The molecule has 0 saturated carbocycles. The summed E-state index contributed by atoms with van der Waals surface area (Å²) in [6.07, 6.45) is 0.747. The number of methoxy groups -OCH3 is 1. The maximum Gasteiger partial charge on any atom is 0.338 e. The Morgan fingerprint density at radius 2 is 1.84 bits per heavy atom. The van der Waals surface area contributed by atoms with Crippen molar-refractivity contribution >= 4 is 31.8 Å². The van der Waals surface area contributed by atoms with Crippen LogP contribution in [-0.4, -0.2) is 44.9 Å². The van der Waals surface area contributed by atoms with Crippen molar-refractivity contribution in [2.24, 2.45) is 0 Å². The quantitative estimate of drug-likeness (QED) is 0.271. The van der Waals surface area contributed by atoms with Gasteiger partial charge in [-0.05, 0) is 71.8 Å². The summed E-state index contributed by atoms with van der Waals surface area (Å²) >= 11 is 6.54. The highest BCUT2D eigenvalue weighted by Crippen LogP contribution is 2.39. The van der Waals surface area contributed by atoms with Crippen molar-refractivity contribution in [3.8, 4) is 0 Å². The number of ether oxygens (including phenoxy) is 1. The third kappa shape index (κ3) is 6.29. The van der Waals surface area contributed by atoms with Crippen LogP contribution in [-0.2, 0) is 26.8 Å². The topological polar surface area (TPSA) is 55.8 Å². The van der Waals surface area contributed by atoms with E-state index in [1.165, 1.54) is 7.11 Å². The van der Waals surface area contributed by atoms with Gasteiger partial charge in [0.25, 0.3) is 0 Å². The number of carbonyl (C=O) groups excluding carboxylic acids is 2. The lowest BCUT2D eigenvalue weighted by atomic mass is 9.85. The molecular formula is C30H42ClNO4Si. The molecule has 0 unspecified atom stereocenters. The van der Waals surface area contributed by atoms with E-state index in [0.29, 0.717) is 29.5 Å². The van der Waals surface area contributed by atoms with Crippen LogP contribution in [0.15, 0.2) is 36.4 Å². The van der Waals surface area contributed by atoms with Crippen molar-refractivity contribution in [2.45, 2.75) is 90.5 Å². The zero-order valence-corrected chi connectivity index (χ0v) is 25.5. The van der Waals surface area contributed by atoms with Crippen LogP contribution in [0.4, 0.5) is 0 Å². The molecule has 37 heavy (non-hydrogen) atoms. The minimum Gasteiger partial charge on any atom is -0.465 e. The Kier molecular flexibility index (Phi) is 8.98. The van der Waals surface area contributed by atoms with Crippen LogP contribution in [0.25, 0.3) is 0 Å². The number of benzene rings is 2. The van der Waals surface area contributed by atoms with Gasteiger partial charge in [0, 0.05) is 5.02 Å². The molecule has 0 saturated heterocycles. The summed E-state index contributed by atoms with van der Waals surface area (Å²) in [4.78, 5) is 28.5. The third-order valence-electron chi connectivity index (χ3n) is 8.13. The highest BCUT2D eigenvalue weighted by atomic mass is 35.5. The molecule has 2 atom stereocenters. The summed E-state index contributed by atoms with van der Waals surface area (Å²) in [6.45, 7) is 17.8. The summed E-state index contributed by atoms with van der Waals surface area (Å²) in [5, 5.41) is 0.645. The minimum atomic E-state index is -2.06. The van der Waals surface area contributed by atoms with E-state index in [2.05, 4.69) is 47.7 Å². The predicted molar refractivity (Wildman–Crippen MR) is 153 cm³/mol. The monoisotopic (exact) mass is 543 g/mol. The molecule has 2 aromatic carbocycles. The Bertz CT molecular complexity index is 1150. The lowest BCUT2D eigenvalue weighted by molar-refractivity contribution is -0.137. The number of amides is 1. The maximum absolute atomic E-state index is 14.0. The number of hydrogen-bond donors (Lipinski definition) is 0. The van der Waals surface area contributed by atoms with Gasteiger partial charge in [0.15, 0.2) is 8.32 Å². The normalized spacial score (nSPS) is 18.1. The van der Waals surface area contributed by atoms with Crippen molar-refractivity contribution in [1.82, 2.24) is 4.90 Å². The molecule has 0 aromatic heterocycles. The molecule has 5 nitrogen and oxygen atoms in total. The first-order valence-corrected chi connectivity index (χ1v) is 16.4. The van der Waals surface area contributed by atoms with Gasteiger partial charge in [-0.15, -0.1) is 0 Å². The van der Waals surface area contributed by atoms with E-state index in [1.54, 1.807) is 6.07 Å². The van der Waals surface area contributed by atoms with Crippen LogP contribution in [0, 0.1) is 0 Å². The minimum absolute atomic E-state index is 0.00765. The Labute approximate surface area is 228 Å². The van der Waals surface area contributed by atoms with Crippen LogP contribution >= 0.6 is 11.6 Å². The van der Waals surface area contributed by atoms with Crippen LogP contribution in [0.2, 0.25) is 23.2 Å². The number of rotatable bonds is 7. The fraction of sp³-hybridized carbons (Fsp3) is 0.533. The van der Waals surface area contributed by atoms with E-state index >= 15 is 0 Å². The fourth-order valence-electron chi connectivity index (χ4n) is 4.75. The highest BCUT2D eigenvalue weighted by molar-refractivity contribution is 6.74. The van der Waals surface area contributed by atoms with Crippen LogP contribution < -0.4 is 0 Å². The number of hydrogen-bond acceptors (Lipinski definition) is 4. The molecule has 0 aliphatic carbocycles. The van der Waals surface area contributed by atoms with Crippen molar-refractivity contribution in [3.63, 3.8) is 0 Å². The predicted octanol–water partition coefficient (Wildman–Crippen LogP) is 7.33. The number of carbonyl (C=O) groups is 2. The standard InChI is InChI=1S/C30H42ClNO4Si/c1-19(2)21-13-14-27(31)22(15-21)16-28(33)32-20(3)24-11-10-12-25(29(34)35-7)26(24)17-23(32)18-36-37(8,9)30(4,5)6/h10-15,19-20,23H,16-18H2,1-9H3/t20-,23+/m0/s1. The zero-order chi connectivity index (χ0) is 27.7. The van der Waals surface area contributed by atoms with Crippen molar-refractivity contribution < 1.29 is 18.8 Å². The van der Waals surface area contributed by atoms with Crippen molar-refractivity contribution in [1.29, 1.82) is 0 Å². The molecular weight excluding hydrogens is 502 g/mol. The molecule has 0 fully saturated rings. The van der Waals surface area contributed by atoms with Crippen LogP contribution in [0.1, 0.15) is 86.1 Å². The Morgan fingerprint density at radius 1 is 1.16 bits per heavy atom. The summed E-state index contributed by atoms with van der Waals surface area (Å²) in [6, 6.07) is 11.2. The lowest BCUT2D eigenvalue weighted by Crippen LogP contribution is -2.52. The largest absolute Gasteiger partial charge is 0.465 e. The zero-order valence-electron chi connectivity index (χ0n) is 23.8. The first-order chi connectivity index (χ1) is 17.2. The molecule has 3 rings (SSSR count). The average molecular weight is 544 g/mol. The second kappa shape index (κ2) is 11.3. The van der Waals surface area contributed by atoms with E-state index in [9.17, 15) is 9.59 Å². The maximum atomic E-state index is 14.0. The smallest absolute Gasteiger partial charge is 0.338 e. The molecule has 2 aromatic rings. The molecule has 0 spiro atoms. The third-order valence-corrected chi connectivity index (χ3v) is 13.0. The van der Waals surface area contributed by atoms with E-state index in [0.717, 1.165) is 22.3 Å². The number of halogens is 1. The molecule has 1 aliphatic heterocycles. The van der Waals surface area contributed by atoms with Gasteiger partial charge in [0.1, 0.15) is 0 Å². The van der Waals surface area contributed by atoms with E-state index < -0.39 is 8.32 Å². The average Bonchev–Trinajstić information content (AvgIpc) is 2.82. The van der Waals surface area contributed by atoms with E-state index in [4.69, 9.17) is 20.8 Å².